The highest BCUT2D eigenvalue weighted by molar-refractivity contribution is 7.15. The van der Waals surface area contributed by atoms with E-state index in [1.165, 1.54) is 11.3 Å². The standard InChI is InChI=1S/C20H20N4O4S/c25-18(10-14-12-4-1-2-5-15(12)28-23-14)24-8-7-13-17(11-24)29-20(21-13)22-19(26)16-6-3-9-27-16/h1-2,4-5,16H,3,6-11H2,(H,21,22,26). The van der Waals surface area contributed by atoms with Crippen molar-refractivity contribution in [1.29, 1.82) is 0 Å². The number of carbonyl (C=O) groups is 2. The number of hydrogen-bond acceptors (Lipinski definition) is 7. The number of ether oxygens (including phenoxy) is 1. The zero-order valence-corrected chi connectivity index (χ0v) is 16.5. The minimum absolute atomic E-state index is 0.00745. The summed E-state index contributed by atoms with van der Waals surface area (Å²) in [7, 11) is 0. The minimum atomic E-state index is -0.383. The maximum atomic E-state index is 12.8. The first-order chi connectivity index (χ1) is 14.2. The maximum absolute atomic E-state index is 12.8. The zero-order valence-electron chi connectivity index (χ0n) is 15.7. The third-order valence-electron chi connectivity index (χ3n) is 5.31. The van der Waals surface area contributed by atoms with Gasteiger partial charge in [-0.05, 0) is 25.0 Å². The molecule has 1 aromatic carbocycles. The number of rotatable bonds is 4. The van der Waals surface area contributed by atoms with E-state index in [-0.39, 0.29) is 24.3 Å². The van der Waals surface area contributed by atoms with Crippen molar-refractivity contribution in [2.24, 2.45) is 0 Å². The molecule has 0 spiro atoms. The molecular formula is C20H20N4O4S. The summed E-state index contributed by atoms with van der Waals surface area (Å²) in [6.45, 7) is 1.73. The number of anilines is 1. The Kier molecular flexibility index (Phi) is 4.76. The molecule has 0 aliphatic carbocycles. The molecule has 4 heterocycles. The number of hydrogen-bond donors (Lipinski definition) is 1. The second kappa shape index (κ2) is 7.57. The molecule has 3 aromatic rings. The van der Waals surface area contributed by atoms with E-state index < -0.39 is 0 Å². The molecule has 8 nitrogen and oxygen atoms in total. The number of thiazole rings is 1. The molecule has 9 heteroatoms. The van der Waals surface area contributed by atoms with Gasteiger partial charge in [-0.3, -0.25) is 14.9 Å². The van der Waals surface area contributed by atoms with E-state index in [9.17, 15) is 9.59 Å². The van der Waals surface area contributed by atoms with Crippen LogP contribution in [0.5, 0.6) is 0 Å². The van der Waals surface area contributed by atoms with Crippen LogP contribution in [0.3, 0.4) is 0 Å². The molecular weight excluding hydrogens is 392 g/mol. The fraction of sp³-hybridized carbons (Fsp3) is 0.400. The van der Waals surface area contributed by atoms with Gasteiger partial charge in [0.2, 0.25) is 5.91 Å². The molecule has 1 N–H and O–H groups in total. The van der Waals surface area contributed by atoms with E-state index in [4.69, 9.17) is 9.26 Å². The first-order valence-electron chi connectivity index (χ1n) is 9.69. The normalized spacial score (nSPS) is 18.8. The maximum Gasteiger partial charge on any atom is 0.255 e. The third kappa shape index (κ3) is 3.63. The van der Waals surface area contributed by atoms with E-state index in [1.54, 1.807) is 0 Å². The molecule has 0 radical (unpaired) electrons. The molecule has 2 aliphatic heterocycles. The molecule has 2 aromatic heterocycles. The van der Waals surface area contributed by atoms with Crippen LogP contribution < -0.4 is 5.32 Å². The number of nitrogens with zero attached hydrogens (tertiary/aromatic N) is 3. The highest BCUT2D eigenvalue weighted by Gasteiger charge is 2.28. The van der Waals surface area contributed by atoms with Crippen molar-refractivity contribution in [3.63, 3.8) is 0 Å². The largest absolute Gasteiger partial charge is 0.368 e. The van der Waals surface area contributed by atoms with E-state index >= 15 is 0 Å². The van der Waals surface area contributed by atoms with Crippen LogP contribution in [-0.2, 0) is 33.7 Å². The number of aromatic nitrogens is 2. The average molecular weight is 412 g/mol. The van der Waals surface area contributed by atoms with Crippen LogP contribution in [0.1, 0.15) is 29.1 Å². The van der Waals surface area contributed by atoms with E-state index in [1.807, 2.05) is 29.2 Å². The van der Waals surface area contributed by atoms with Gasteiger partial charge in [-0.25, -0.2) is 4.98 Å². The SMILES string of the molecule is O=C(Nc1nc2c(s1)CN(C(=O)Cc1noc3ccccc13)CC2)C1CCCO1. The van der Waals surface area contributed by atoms with Crippen LogP contribution in [0.15, 0.2) is 28.8 Å². The number of nitrogens with one attached hydrogen (secondary N) is 1. The van der Waals surface area contributed by atoms with Crippen LogP contribution in [0.2, 0.25) is 0 Å². The van der Waals surface area contributed by atoms with Crippen molar-refractivity contribution < 1.29 is 18.8 Å². The monoisotopic (exact) mass is 412 g/mol. The summed E-state index contributed by atoms with van der Waals surface area (Å²) in [5.41, 5.74) is 2.30. The molecule has 1 fully saturated rings. The highest BCUT2D eigenvalue weighted by Crippen LogP contribution is 2.29. The van der Waals surface area contributed by atoms with Gasteiger partial charge in [0.15, 0.2) is 10.7 Å². The van der Waals surface area contributed by atoms with Crippen LogP contribution in [-0.4, -0.2) is 46.1 Å². The molecule has 2 aliphatic rings. The molecule has 1 saturated heterocycles. The Labute approximate surface area is 170 Å². The van der Waals surface area contributed by atoms with Gasteiger partial charge >= 0.3 is 0 Å². The molecule has 2 amide bonds. The molecule has 1 unspecified atom stereocenters. The van der Waals surface area contributed by atoms with Crippen molar-refractivity contribution in [1.82, 2.24) is 15.0 Å². The molecule has 5 rings (SSSR count). The van der Waals surface area contributed by atoms with Gasteiger partial charge in [-0.1, -0.05) is 28.6 Å². The van der Waals surface area contributed by atoms with Gasteiger partial charge in [0.25, 0.3) is 5.91 Å². The summed E-state index contributed by atoms with van der Waals surface area (Å²) >= 11 is 1.43. The topological polar surface area (TPSA) is 97.6 Å². The van der Waals surface area contributed by atoms with Crippen molar-refractivity contribution in [2.45, 2.75) is 38.3 Å². The summed E-state index contributed by atoms with van der Waals surface area (Å²) < 4.78 is 10.7. The second-order valence-corrected chi connectivity index (χ2v) is 8.33. The van der Waals surface area contributed by atoms with Gasteiger partial charge in [0.1, 0.15) is 11.8 Å². The number of amides is 2. The summed E-state index contributed by atoms with van der Waals surface area (Å²) in [4.78, 5) is 32.4. The van der Waals surface area contributed by atoms with E-state index in [0.29, 0.717) is 42.5 Å². The lowest BCUT2D eigenvalue weighted by molar-refractivity contribution is -0.131. The summed E-state index contributed by atoms with van der Waals surface area (Å²) in [5.74, 6) is -0.132. The van der Waals surface area contributed by atoms with Gasteiger partial charge < -0.3 is 14.2 Å². The fourth-order valence-corrected chi connectivity index (χ4v) is 4.78. The van der Waals surface area contributed by atoms with Gasteiger partial charge in [0, 0.05) is 29.8 Å². The predicted molar refractivity (Wildman–Crippen MR) is 107 cm³/mol. The van der Waals surface area contributed by atoms with E-state index in [2.05, 4.69) is 15.5 Å². The molecule has 0 saturated carbocycles. The van der Waals surface area contributed by atoms with Gasteiger partial charge in [-0.15, -0.1) is 0 Å². The Bertz CT molecular complexity index is 1070. The van der Waals surface area contributed by atoms with Crippen molar-refractivity contribution in [2.75, 3.05) is 18.5 Å². The molecule has 1 atom stereocenters. The number of para-hydroxylation sites is 1. The summed E-state index contributed by atoms with van der Waals surface area (Å²) in [6.07, 6.45) is 2.15. The Morgan fingerprint density at radius 3 is 3.07 bits per heavy atom. The fourth-order valence-electron chi connectivity index (χ4n) is 3.75. The summed E-state index contributed by atoms with van der Waals surface area (Å²) in [5, 5.41) is 8.36. The number of benzene rings is 1. The first-order valence-corrected chi connectivity index (χ1v) is 10.5. The predicted octanol–water partition coefficient (Wildman–Crippen LogP) is 2.53. The minimum Gasteiger partial charge on any atom is -0.368 e. The third-order valence-corrected chi connectivity index (χ3v) is 6.30. The Morgan fingerprint density at radius 1 is 1.31 bits per heavy atom. The average Bonchev–Trinajstić information content (AvgIpc) is 3.47. The lowest BCUT2D eigenvalue weighted by atomic mass is 10.1. The lowest BCUT2D eigenvalue weighted by Gasteiger charge is -2.25. The smallest absolute Gasteiger partial charge is 0.255 e. The molecule has 150 valence electrons. The van der Waals surface area contributed by atoms with Crippen molar-refractivity contribution >= 4 is 39.3 Å². The molecule has 29 heavy (non-hydrogen) atoms. The summed E-state index contributed by atoms with van der Waals surface area (Å²) in [6, 6.07) is 7.54. The van der Waals surface area contributed by atoms with Crippen LogP contribution in [0, 0.1) is 0 Å². The number of carbonyl (C=O) groups excluding carboxylic acids is 2. The van der Waals surface area contributed by atoms with Crippen molar-refractivity contribution in [3.05, 3.63) is 40.5 Å². The first kappa shape index (κ1) is 18.3. The van der Waals surface area contributed by atoms with E-state index in [0.717, 1.165) is 28.8 Å². The van der Waals surface area contributed by atoms with Gasteiger partial charge in [-0.2, -0.15) is 0 Å². The quantitative estimate of drug-likeness (QED) is 0.707. The second-order valence-electron chi connectivity index (χ2n) is 7.25. The lowest BCUT2D eigenvalue weighted by Crippen LogP contribution is -2.36. The van der Waals surface area contributed by atoms with Crippen LogP contribution in [0.25, 0.3) is 11.0 Å². The zero-order chi connectivity index (χ0) is 19.8. The van der Waals surface area contributed by atoms with Crippen LogP contribution >= 0.6 is 11.3 Å². The van der Waals surface area contributed by atoms with Gasteiger partial charge in [0.05, 0.1) is 18.7 Å². The number of fused-ring (bicyclic) bond motifs is 2. The highest BCUT2D eigenvalue weighted by atomic mass is 32.1. The Morgan fingerprint density at radius 2 is 2.21 bits per heavy atom. The van der Waals surface area contributed by atoms with Crippen LogP contribution in [0.4, 0.5) is 5.13 Å². The van der Waals surface area contributed by atoms with Crippen molar-refractivity contribution in [3.8, 4) is 0 Å². The molecule has 0 bridgehead atoms. The Balaban J connectivity index is 1.25. The Hall–Kier alpha value is -2.78.